The molecule has 0 fully saturated rings. The van der Waals surface area contributed by atoms with Crippen molar-refractivity contribution in [2.75, 3.05) is 13.2 Å². The Morgan fingerprint density at radius 1 is 1.50 bits per heavy atom. The number of fused-ring (bicyclic) bond motifs is 5. The van der Waals surface area contributed by atoms with Crippen molar-refractivity contribution in [3.05, 3.63) is 23.1 Å². The number of aliphatic hydroxyl groups excluding tert-OH is 1. The first-order valence-corrected chi connectivity index (χ1v) is 7.28. The zero-order valence-corrected chi connectivity index (χ0v) is 11.9. The Morgan fingerprint density at radius 3 is 3.14 bits per heavy atom. The van der Waals surface area contributed by atoms with Gasteiger partial charge in [0.25, 0.3) is 0 Å². The molecular formula is C14H16N4O4. The third kappa shape index (κ3) is 1.91. The van der Waals surface area contributed by atoms with Gasteiger partial charge in [-0.1, -0.05) is 5.16 Å². The molecule has 0 aromatic carbocycles. The van der Waals surface area contributed by atoms with E-state index >= 15 is 0 Å². The second-order valence-electron chi connectivity index (χ2n) is 5.85. The van der Waals surface area contributed by atoms with Gasteiger partial charge in [0, 0.05) is 43.2 Å². The first-order valence-electron chi connectivity index (χ1n) is 7.28. The van der Waals surface area contributed by atoms with E-state index in [0.29, 0.717) is 32.5 Å². The number of aromatic nitrogens is 3. The maximum Gasteiger partial charge on any atom is 0.407 e. The van der Waals surface area contributed by atoms with Crippen LogP contribution in [0.3, 0.4) is 0 Å². The molecule has 22 heavy (non-hydrogen) atoms. The van der Waals surface area contributed by atoms with Gasteiger partial charge >= 0.3 is 6.09 Å². The summed E-state index contributed by atoms with van der Waals surface area (Å²) in [5.41, 5.74) is 4.31. The molecule has 2 aromatic heterocycles. The lowest BCUT2D eigenvalue weighted by Gasteiger charge is -2.23. The minimum atomic E-state index is -0.923. The minimum absolute atomic E-state index is 0.0522. The summed E-state index contributed by atoms with van der Waals surface area (Å²) in [5, 5.41) is 27.5. The summed E-state index contributed by atoms with van der Waals surface area (Å²) in [6.45, 7) is 1.43. The summed E-state index contributed by atoms with van der Waals surface area (Å²) in [4.78, 5) is 12.6. The molecule has 116 valence electrons. The predicted octanol–water partition coefficient (Wildman–Crippen LogP) is 0.739. The summed E-state index contributed by atoms with van der Waals surface area (Å²) in [6.07, 6.45) is 1.95. The van der Waals surface area contributed by atoms with Crippen LogP contribution in [0.5, 0.6) is 0 Å². The summed E-state index contributed by atoms with van der Waals surface area (Å²) in [7, 11) is 0. The summed E-state index contributed by atoms with van der Waals surface area (Å²) < 4.78 is 6.96. The molecule has 1 unspecified atom stereocenters. The second-order valence-corrected chi connectivity index (χ2v) is 5.85. The highest BCUT2D eigenvalue weighted by Gasteiger charge is 2.32. The van der Waals surface area contributed by atoms with E-state index in [4.69, 9.17) is 4.52 Å². The van der Waals surface area contributed by atoms with Gasteiger partial charge in [-0.3, -0.25) is 4.68 Å². The van der Waals surface area contributed by atoms with Crippen LogP contribution >= 0.6 is 0 Å². The summed E-state index contributed by atoms with van der Waals surface area (Å²) in [5.74, 6) is 0.0522. The average molecular weight is 304 g/mol. The zero-order valence-electron chi connectivity index (χ0n) is 11.9. The molecule has 4 rings (SSSR count). The maximum atomic E-state index is 11.2. The van der Waals surface area contributed by atoms with Gasteiger partial charge in [0.15, 0.2) is 0 Å². The Bertz CT molecular complexity index is 735. The van der Waals surface area contributed by atoms with Crippen molar-refractivity contribution in [1.29, 1.82) is 0 Å². The normalized spacial score (nSPS) is 20.0. The molecule has 0 aliphatic carbocycles. The van der Waals surface area contributed by atoms with Crippen molar-refractivity contribution in [2.45, 2.75) is 25.9 Å². The van der Waals surface area contributed by atoms with E-state index in [1.807, 2.05) is 4.68 Å². The number of amides is 1. The Morgan fingerprint density at radius 2 is 2.36 bits per heavy atom. The Kier molecular flexibility index (Phi) is 2.93. The molecule has 2 N–H and O–H groups in total. The number of carboxylic acid groups (broad SMARTS) is 1. The Balaban J connectivity index is 1.85. The quantitative estimate of drug-likeness (QED) is 0.805. The van der Waals surface area contributed by atoms with Crippen LogP contribution in [0, 0.1) is 5.92 Å². The molecule has 4 heterocycles. The largest absolute Gasteiger partial charge is 0.465 e. The molecule has 8 heteroatoms. The van der Waals surface area contributed by atoms with E-state index in [-0.39, 0.29) is 12.5 Å². The fraction of sp³-hybridized carbons (Fsp3) is 0.500. The molecule has 1 atom stereocenters. The highest BCUT2D eigenvalue weighted by atomic mass is 16.5. The SMILES string of the molecule is O=C(O)N1CCc2nn3c(c2C1)-c1nocc1CC(CO)C3. The molecule has 0 radical (unpaired) electrons. The van der Waals surface area contributed by atoms with Crippen LogP contribution in [0.15, 0.2) is 10.8 Å². The van der Waals surface area contributed by atoms with Gasteiger partial charge in [0.2, 0.25) is 0 Å². The predicted molar refractivity (Wildman–Crippen MR) is 74.1 cm³/mol. The molecule has 0 bridgehead atoms. The lowest BCUT2D eigenvalue weighted by molar-refractivity contribution is 0.140. The number of aliphatic hydroxyl groups is 1. The average Bonchev–Trinajstić information content (AvgIpc) is 3.06. The lowest BCUT2D eigenvalue weighted by Crippen LogP contribution is -2.34. The van der Waals surface area contributed by atoms with Crippen molar-refractivity contribution < 1.29 is 19.5 Å². The molecule has 2 aromatic rings. The van der Waals surface area contributed by atoms with E-state index in [2.05, 4.69) is 10.3 Å². The third-order valence-corrected chi connectivity index (χ3v) is 4.44. The number of nitrogens with zero attached hydrogens (tertiary/aromatic N) is 4. The molecule has 2 aliphatic heterocycles. The lowest BCUT2D eigenvalue weighted by atomic mass is 9.99. The van der Waals surface area contributed by atoms with Crippen LogP contribution in [-0.2, 0) is 25.9 Å². The number of carbonyl (C=O) groups is 1. The monoisotopic (exact) mass is 304 g/mol. The number of rotatable bonds is 1. The summed E-state index contributed by atoms with van der Waals surface area (Å²) >= 11 is 0. The van der Waals surface area contributed by atoms with Crippen molar-refractivity contribution in [3.63, 3.8) is 0 Å². The van der Waals surface area contributed by atoms with Gasteiger partial charge in [-0.05, 0) is 6.42 Å². The fourth-order valence-corrected chi connectivity index (χ4v) is 3.33. The van der Waals surface area contributed by atoms with Gasteiger partial charge in [0.1, 0.15) is 12.0 Å². The molecule has 0 saturated heterocycles. The van der Waals surface area contributed by atoms with Crippen molar-refractivity contribution in [3.8, 4) is 11.4 Å². The molecule has 1 amide bonds. The van der Waals surface area contributed by atoms with E-state index in [1.165, 1.54) is 4.90 Å². The maximum absolute atomic E-state index is 11.2. The van der Waals surface area contributed by atoms with E-state index in [1.54, 1.807) is 6.26 Å². The molecule has 2 aliphatic rings. The second kappa shape index (κ2) is 4.84. The molecule has 0 spiro atoms. The minimum Gasteiger partial charge on any atom is -0.465 e. The van der Waals surface area contributed by atoms with Crippen LogP contribution in [0.1, 0.15) is 16.8 Å². The van der Waals surface area contributed by atoms with Crippen LogP contribution < -0.4 is 0 Å². The highest BCUT2D eigenvalue weighted by molar-refractivity contribution is 5.69. The smallest absolute Gasteiger partial charge is 0.407 e. The zero-order chi connectivity index (χ0) is 15.3. The van der Waals surface area contributed by atoms with Crippen LogP contribution in [0.25, 0.3) is 11.4 Å². The Labute approximate surface area is 125 Å². The molecule has 0 saturated carbocycles. The third-order valence-electron chi connectivity index (χ3n) is 4.44. The van der Waals surface area contributed by atoms with Crippen molar-refractivity contribution >= 4 is 6.09 Å². The van der Waals surface area contributed by atoms with Crippen LogP contribution in [0.4, 0.5) is 4.79 Å². The van der Waals surface area contributed by atoms with Crippen molar-refractivity contribution in [1.82, 2.24) is 19.8 Å². The summed E-state index contributed by atoms with van der Waals surface area (Å²) in [6, 6.07) is 0. The van der Waals surface area contributed by atoms with Crippen LogP contribution in [-0.4, -0.2) is 49.3 Å². The first-order chi connectivity index (χ1) is 10.7. The van der Waals surface area contributed by atoms with Crippen molar-refractivity contribution in [2.24, 2.45) is 5.92 Å². The van der Waals surface area contributed by atoms with Gasteiger partial charge in [-0.25, -0.2) is 4.79 Å². The topological polar surface area (TPSA) is 105 Å². The van der Waals surface area contributed by atoms with Gasteiger partial charge in [0.05, 0.1) is 17.9 Å². The Hall–Kier alpha value is -2.35. The first kappa shape index (κ1) is 13.3. The highest BCUT2D eigenvalue weighted by Crippen LogP contribution is 2.35. The number of hydrogen-bond donors (Lipinski definition) is 2. The van der Waals surface area contributed by atoms with E-state index in [9.17, 15) is 15.0 Å². The van der Waals surface area contributed by atoms with E-state index in [0.717, 1.165) is 28.2 Å². The molecular weight excluding hydrogens is 288 g/mol. The number of hydrogen-bond acceptors (Lipinski definition) is 5. The van der Waals surface area contributed by atoms with Crippen LogP contribution in [0.2, 0.25) is 0 Å². The van der Waals surface area contributed by atoms with E-state index < -0.39 is 6.09 Å². The van der Waals surface area contributed by atoms with Gasteiger partial charge < -0.3 is 19.6 Å². The molecule has 8 nitrogen and oxygen atoms in total. The standard InChI is InChI=1S/C14H16N4O4/c19-6-8-3-9-7-22-16-12(9)13-10-5-17(14(20)21)2-1-11(10)15-18(13)4-8/h7-8,19H,1-6H2,(H,20,21). The van der Waals surface area contributed by atoms with Gasteiger partial charge in [-0.2, -0.15) is 5.10 Å². The fourth-order valence-electron chi connectivity index (χ4n) is 3.33. The van der Waals surface area contributed by atoms with Gasteiger partial charge in [-0.15, -0.1) is 0 Å².